The lowest BCUT2D eigenvalue weighted by Crippen LogP contribution is -2.31. The fourth-order valence-electron chi connectivity index (χ4n) is 4.60. The van der Waals surface area contributed by atoms with Gasteiger partial charge in [0.1, 0.15) is 12.1 Å². The van der Waals surface area contributed by atoms with Gasteiger partial charge in [-0.15, -0.1) is 0 Å². The van der Waals surface area contributed by atoms with Crippen molar-refractivity contribution in [3.63, 3.8) is 0 Å². The molecule has 1 unspecified atom stereocenters. The molecule has 0 aliphatic carbocycles. The average molecular weight is 512 g/mol. The summed E-state index contributed by atoms with van der Waals surface area (Å²) in [5, 5.41) is 16.1. The molecule has 1 saturated heterocycles. The molecule has 8 nitrogen and oxygen atoms in total. The Morgan fingerprint density at radius 2 is 1.94 bits per heavy atom. The summed E-state index contributed by atoms with van der Waals surface area (Å²) < 4.78 is 0. The first-order valence-corrected chi connectivity index (χ1v) is 13.0. The van der Waals surface area contributed by atoms with Crippen LogP contribution in [0.3, 0.4) is 0 Å². The number of amides is 2. The molecule has 1 aromatic heterocycles. The van der Waals surface area contributed by atoms with Crippen LogP contribution in [-0.2, 0) is 0 Å². The number of carbonyl (C=O) groups excluding carboxylic acids is 2. The van der Waals surface area contributed by atoms with E-state index >= 15 is 0 Å². The number of aliphatic hydroxyl groups excluding tert-OH is 1. The Labute approximate surface area is 216 Å². The Kier molecular flexibility index (Phi) is 8.61. The van der Waals surface area contributed by atoms with Gasteiger partial charge in [-0.1, -0.05) is 11.6 Å². The summed E-state index contributed by atoms with van der Waals surface area (Å²) in [6.45, 7) is 5.82. The van der Waals surface area contributed by atoms with Crippen molar-refractivity contribution >= 4 is 34.4 Å². The third-order valence-corrected chi connectivity index (χ3v) is 6.81. The number of imidazole rings is 1. The van der Waals surface area contributed by atoms with E-state index in [9.17, 15) is 14.7 Å². The van der Waals surface area contributed by atoms with E-state index in [2.05, 4.69) is 20.6 Å². The van der Waals surface area contributed by atoms with Gasteiger partial charge in [0.25, 0.3) is 11.8 Å². The molecular formula is C27H34ClN5O3. The van der Waals surface area contributed by atoms with E-state index in [4.69, 9.17) is 11.6 Å². The van der Waals surface area contributed by atoms with Crippen molar-refractivity contribution in [1.29, 1.82) is 0 Å². The molecule has 9 heteroatoms. The number of nitrogens with zero attached hydrogens (tertiary/aromatic N) is 2. The third-order valence-electron chi connectivity index (χ3n) is 6.57. The van der Waals surface area contributed by atoms with E-state index in [1.54, 1.807) is 37.3 Å². The number of aryl methyl sites for hydroxylation is 1. The van der Waals surface area contributed by atoms with Crippen LogP contribution in [0.1, 0.15) is 77.2 Å². The summed E-state index contributed by atoms with van der Waals surface area (Å²) in [5.41, 5.74) is 3.53. The predicted octanol–water partition coefficient (Wildman–Crippen LogP) is 4.33. The van der Waals surface area contributed by atoms with Crippen molar-refractivity contribution in [3.05, 3.63) is 63.9 Å². The Balaban J connectivity index is 1.49. The molecule has 1 aliphatic heterocycles. The lowest BCUT2D eigenvalue weighted by molar-refractivity contribution is 0.0791. The Morgan fingerprint density at radius 3 is 2.67 bits per heavy atom. The average Bonchev–Trinajstić information content (AvgIpc) is 3.52. The zero-order valence-electron chi connectivity index (χ0n) is 20.8. The number of aliphatic hydroxyl groups is 1. The second kappa shape index (κ2) is 11.9. The number of halogens is 1. The van der Waals surface area contributed by atoms with Crippen LogP contribution in [0.2, 0.25) is 5.02 Å². The molecule has 0 spiro atoms. The van der Waals surface area contributed by atoms with Gasteiger partial charge in [0.05, 0.1) is 17.1 Å². The Bertz CT molecular complexity index is 1220. The Morgan fingerprint density at radius 1 is 1.17 bits per heavy atom. The topological polar surface area (TPSA) is 110 Å². The third kappa shape index (κ3) is 6.43. The van der Waals surface area contributed by atoms with Crippen LogP contribution in [0.5, 0.6) is 0 Å². The number of carbonyl (C=O) groups is 2. The standard InChI is InChI=1S/C27H34ClN5O3/c1-17-15-19(8-10-21(17)27(36)33-13-5-6-14-33)26(35)32-23(7-3-4-12-29-18(2)34)25-30-22-11-9-20(28)16-24(22)31-25/h8-11,15-16,18,23,29,34H,3-7,12-14H2,1-2H3,(H,30,31)(H,32,35)/t18?,23-/m0/s1. The number of benzene rings is 2. The van der Waals surface area contributed by atoms with E-state index < -0.39 is 6.23 Å². The first-order valence-electron chi connectivity index (χ1n) is 12.6. The van der Waals surface area contributed by atoms with Crippen molar-refractivity contribution in [2.45, 2.75) is 58.2 Å². The molecule has 1 aliphatic rings. The lowest BCUT2D eigenvalue weighted by atomic mass is 10.0. The van der Waals surface area contributed by atoms with Gasteiger partial charge in [0.15, 0.2) is 0 Å². The number of fused-ring (bicyclic) bond motifs is 1. The van der Waals surface area contributed by atoms with E-state index in [0.29, 0.717) is 34.9 Å². The van der Waals surface area contributed by atoms with Crippen LogP contribution < -0.4 is 10.6 Å². The van der Waals surface area contributed by atoms with Crippen molar-refractivity contribution in [2.75, 3.05) is 19.6 Å². The monoisotopic (exact) mass is 511 g/mol. The van der Waals surface area contributed by atoms with Crippen LogP contribution in [0.4, 0.5) is 0 Å². The molecule has 2 heterocycles. The number of aromatic amines is 1. The van der Waals surface area contributed by atoms with E-state index in [-0.39, 0.29) is 17.9 Å². The molecular weight excluding hydrogens is 478 g/mol. The van der Waals surface area contributed by atoms with Crippen molar-refractivity contribution in [3.8, 4) is 0 Å². The number of H-pyrrole nitrogens is 1. The van der Waals surface area contributed by atoms with E-state index in [1.165, 1.54) is 0 Å². The van der Waals surface area contributed by atoms with E-state index in [1.807, 2.05) is 17.9 Å². The molecule has 4 N–H and O–H groups in total. The zero-order valence-corrected chi connectivity index (χ0v) is 21.6. The molecule has 36 heavy (non-hydrogen) atoms. The highest BCUT2D eigenvalue weighted by molar-refractivity contribution is 6.31. The summed E-state index contributed by atoms with van der Waals surface area (Å²) in [6.07, 6.45) is 3.86. The van der Waals surface area contributed by atoms with Crippen molar-refractivity contribution in [2.24, 2.45) is 0 Å². The highest BCUT2D eigenvalue weighted by Crippen LogP contribution is 2.24. The number of hydrogen-bond donors (Lipinski definition) is 4. The smallest absolute Gasteiger partial charge is 0.254 e. The number of rotatable bonds is 10. The van der Waals surface area contributed by atoms with Crippen LogP contribution in [0.15, 0.2) is 36.4 Å². The van der Waals surface area contributed by atoms with Crippen LogP contribution in [0, 0.1) is 6.92 Å². The summed E-state index contributed by atoms with van der Waals surface area (Å²) in [4.78, 5) is 35.9. The maximum absolute atomic E-state index is 13.3. The summed E-state index contributed by atoms with van der Waals surface area (Å²) >= 11 is 6.13. The molecule has 0 radical (unpaired) electrons. The Hall–Kier alpha value is -2.94. The number of aromatic nitrogens is 2. The van der Waals surface area contributed by atoms with Gasteiger partial charge in [-0.3, -0.25) is 14.9 Å². The van der Waals surface area contributed by atoms with Gasteiger partial charge in [0.2, 0.25) is 0 Å². The molecule has 2 atom stereocenters. The van der Waals surface area contributed by atoms with Gasteiger partial charge in [-0.25, -0.2) is 4.98 Å². The number of unbranched alkanes of at least 4 members (excludes halogenated alkanes) is 1. The minimum absolute atomic E-state index is 0.0292. The van der Waals surface area contributed by atoms with Gasteiger partial charge < -0.3 is 20.3 Å². The minimum atomic E-state index is -0.552. The summed E-state index contributed by atoms with van der Waals surface area (Å²) in [7, 11) is 0. The fourth-order valence-corrected chi connectivity index (χ4v) is 4.77. The van der Waals surface area contributed by atoms with Gasteiger partial charge in [0, 0.05) is 29.2 Å². The molecule has 2 aromatic carbocycles. The largest absolute Gasteiger partial charge is 0.379 e. The second-order valence-electron chi connectivity index (χ2n) is 9.46. The minimum Gasteiger partial charge on any atom is -0.379 e. The highest BCUT2D eigenvalue weighted by Gasteiger charge is 2.23. The van der Waals surface area contributed by atoms with Gasteiger partial charge >= 0.3 is 0 Å². The SMILES string of the molecule is Cc1cc(C(=O)N[C@@H](CCCCNC(C)O)c2nc3cc(Cl)ccc3[nH]2)ccc1C(=O)N1CCCC1. The maximum atomic E-state index is 13.3. The molecule has 0 bridgehead atoms. The molecule has 192 valence electrons. The molecule has 0 saturated carbocycles. The van der Waals surface area contributed by atoms with Gasteiger partial charge in [-0.05, 0) is 94.5 Å². The first-order chi connectivity index (χ1) is 17.3. The first kappa shape index (κ1) is 26.1. The van der Waals surface area contributed by atoms with Crippen molar-refractivity contribution in [1.82, 2.24) is 25.5 Å². The quantitative estimate of drug-likeness (QED) is 0.239. The fraction of sp³-hybridized carbons (Fsp3) is 0.444. The van der Waals surface area contributed by atoms with Crippen LogP contribution >= 0.6 is 11.6 Å². The van der Waals surface area contributed by atoms with Crippen molar-refractivity contribution < 1.29 is 14.7 Å². The zero-order chi connectivity index (χ0) is 25.7. The van der Waals surface area contributed by atoms with Crippen LogP contribution in [-0.4, -0.2) is 57.7 Å². The van der Waals surface area contributed by atoms with Gasteiger partial charge in [-0.2, -0.15) is 0 Å². The normalized spacial score (nSPS) is 15.3. The predicted molar refractivity (Wildman–Crippen MR) is 141 cm³/mol. The van der Waals surface area contributed by atoms with Crippen LogP contribution in [0.25, 0.3) is 11.0 Å². The number of likely N-dealkylation sites (tertiary alicyclic amines) is 1. The lowest BCUT2D eigenvalue weighted by Gasteiger charge is -2.19. The number of nitrogens with one attached hydrogen (secondary N) is 3. The molecule has 2 amide bonds. The number of hydrogen-bond acceptors (Lipinski definition) is 5. The highest BCUT2D eigenvalue weighted by atomic mass is 35.5. The van der Waals surface area contributed by atoms with E-state index in [0.717, 1.165) is 55.4 Å². The summed E-state index contributed by atoms with van der Waals surface area (Å²) in [5.74, 6) is 0.479. The second-order valence-corrected chi connectivity index (χ2v) is 9.90. The maximum Gasteiger partial charge on any atom is 0.254 e. The summed E-state index contributed by atoms with van der Waals surface area (Å²) in [6, 6.07) is 10.4. The molecule has 1 fully saturated rings. The molecule has 3 aromatic rings. The molecule has 4 rings (SSSR count).